The predicted molar refractivity (Wildman–Crippen MR) is 49.3 cm³/mol. The normalized spacial score (nSPS) is 16.4. The molecule has 1 fully saturated rings. The van der Waals surface area contributed by atoms with Gasteiger partial charge in [0.05, 0.1) is 12.7 Å². The third kappa shape index (κ3) is 1.99. The smallest absolute Gasteiger partial charge is 0.0735 e. The number of hydrogen-bond donors (Lipinski definition) is 0. The zero-order chi connectivity index (χ0) is 8.39. The van der Waals surface area contributed by atoms with E-state index in [1.807, 2.05) is 24.3 Å². The standard InChI is InChI=1S/C10H11ClO/c11-10-4-2-1-3-8(10)7-12-9-5-6-9/h1-4,9H,5-7H2. The molecule has 1 nitrogen and oxygen atoms in total. The van der Waals surface area contributed by atoms with E-state index in [0.717, 1.165) is 10.6 Å². The maximum atomic E-state index is 5.95. The first kappa shape index (κ1) is 8.09. The SMILES string of the molecule is Clc1ccccc1COC1CC1. The van der Waals surface area contributed by atoms with Gasteiger partial charge < -0.3 is 4.74 Å². The molecule has 0 atom stereocenters. The molecule has 0 bridgehead atoms. The zero-order valence-corrected chi connectivity index (χ0v) is 7.55. The van der Waals surface area contributed by atoms with Gasteiger partial charge in [0, 0.05) is 5.02 Å². The molecule has 2 rings (SSSR count). The monoisotopic (exact) mass is 182 g/mol. The van der Waals surface area contributed by atoms with Crippen LogP contribution in [-0.2, 0) is 11.3 Å². The molecule has 0 aliphatic heterocycles. The maximum absolute atomic E-state index is 5.95. The van der Waals surface area contributed by atoms with Crippen LogP contribution < -0.4 is 0 Å². The van der Waals surface area contributed by atoms with E-state index in [2.05, 4.69) is 0 Å². The van der Waals surface area contributed by atoms with Crippen molar-refractivity contribution in [2.75, 3.05) is 0 Å². The molecule has 64 valence electrons. The molecule has 0 N–H and O–H groups in total. The Labute approximate surface area is 77.3 Å². The first-order valence-corrected chi connectivity index (χ1v) is 4.59. The van der Waals surface area contributed by atoms with Crippen LogP contribution in [0.2, 0.25) is 5.02 Å². The summed E-state index contributed by atoms with van der Waals surface area (Å²) >= 11 is 5.95. The molecule has 1 aromatic carbocycles. The van der Waals surface area contributed by atoms with Gasteiger partial charge in [0.2, 0.25) is 0 Å². The molecule has 1 aromatic rings. The first-order valence-electron chi connectivity index (χ1n) is 4.21. The zero-order valence-electron chi connectivity index (χ0n) is 6.79. The van der Waals surface area contributed by atoms with Crippen molar-refractivity contribution in [2.45, 2.75) is 25.6 Å². The van der Waals surface area contributed by atoms with Gasteiger partial charge in [0.15, 0.2) is 0 Å². The van der Waals surface area contributed by atoms with E-state index in [1.54, 1.807) is 0 Å². The average molecular weight is 183 g/mol. The van der Waals surface area contributed by atoms with Crippen molar-refractivity contribution in [2.24, 2.45) is 0 Å². The third-order valence-corrected chi connectivity index (χ3v) is 2.33. The minimum absolute atomic E-state index is 0.501. The van der Waals surface area contributed by atoms with Gasteiger partial charge in [-0.3, -0.25) is 0 Å². The quantitative estimate of drug-likeness (QED) is 0.699. The lowest BCUT2D eigenvalue weighted by molar-refractivity contribution is 0.106. The van der Waals surface area contributed by atoms with Crippen LogP contribution in [0, 0.1) is 0 Å². The number of ether oxygens (including phenoxy) is 1. The second-order valence-electron chi connectivity index (χ2n) is 3.10. The third-order valence-electron chi connectivity index (χ3n) is 1.96. The van der Waals surface area contributed by atoms with Gasteiger partial charge in [0.25, 0.3) is 0 Å². The van der Waals surface area contributed by atoms with Gasteiger partial charge in [0.1, 0.15) is 0 Å². The van der Waals surface area contributed by atoms with E-state index in [-0.39, 0.29) is 0 Å². The summed E-state index contributed by atoms with van der Waals surface area (Å²) in [7, 11) is 0. The molecule has 0 unspecified atom stereocenters. The number of halogens is 1. The Hall–Kier alpha value is -0.530. The Morgan fingerprint density at radius 1 is 1.33 bits per heavy atom. The largest absolute Gasteiger partial charge is 0.373 e. The summed E-state index contributed by atoms with van der Waals surface area (Å²) < 4.78 is 5.54. The number of hydrogen-bond acceptors (Lipinski definition) is 1. The highest BCUT2D eigenvalue weighted by atomic mass is 35.5. The van der Waals surface area contributed by atoms with Crippen LogP contribution in [0.3, 0.4) is 0 Å². The Balaban J connectivity index is 1.96. The van der Waals surface area contributed by atoms with Gasteiger partial charge in [-0.25, -0.2) is 0 Å². The number of rotatable bonds is 3. The second kappa shape index (κ2) is 3.46. The minimum atomic E-state index is 0.501. The van der Waals surface area contributed by atoms with Crippen LogP contribution in [0.1, 0.15) is 18.4 Å². The molecule has 12 heavy (non-hydrogen) atoms. The second-order valence-corrected chi connectivity index (χ2v) is 3.51. The van der Waals surface area contributed by atoms with Crippen molar-refractivity contribution in [3.63, 3.8) is 0 Å². The summed E-state index contributed by atoms with van der Waals surface area (Å²) in [6.07, 6.45) is 2.93. The molecule has 0 aromatic heterocycles. The van der Waals surface area contributed by atoms with Crippen molar-refractivity contribution < 1.29 is 4.74 Å². The van der Waals surface area contributed by atoms with Gasteiger partial charge >= 0.3 is 0 Å². The van der Waals surface area contributed by atoms with Crippen molar-refractivity contribution in [1.29, 1.82) is 0 Å². The molecule has 0 saturated heterocycles. The lowest BCUT2D eigenvalue weighted by Gasteiger charge is -2.03. The van der Waals surface area contributed by atoms with Crippen molar-refractivity contribution in [3.8, 4) is 0 Å². The summed E-state index contributed by atoms with van der Waals surface area (Å²) in [6, 6.07) is 7.82. The van der Waals surface area contributed by atoms with Crippen molar-refractivity contribution >= 4 is 11.6 Å². The van der Waals surface area contributed by atoms with Crippen LogP contribution in [0.5, 0.6) is 0 Å². The van der Waals surface area contributed by atoms with E-state index in [1.165, 1.54) is 12.8 Å². The predicted octanol–water partition coefficient (Wildman–Crippen LogP) is 3.02. The highest BCUT2D eigenvalue weighted by molar-refractivity contribution is 6.31. The van der Waals surface area contributed by atoms with Crippen LogP contribution in [0.15, 0.2) is 24.3 Å². The topological polar surface area (TPSA) is 9.23 Å². The molecule has 0 heterocycles. The first-order chi connectivity index (χ1) is 5.86. The molecule has 1 saturated carbocycles. The van der Waals surface area contributed by atoms with E-state index in [9.17, 15) is 0 Å². The van der Waals surface area contributed by atoms with Crippen LogP contribution in [0.4, 0.5) is 0 Å². The fourth-order valence-corrected chi connectivity index (χ4v) is 1.25. The summed E-state index contributed by atoms with van der Waals surface area (Å²) in [4.78, 5) is 0. The fraction of sp³-hybridized carbons (Fsp3) is 0.400. The lowest BCUT2D eigenvalue weighted by atomic mass is 10.2. The minimum Gasteiger partial charge on any atom is -0.373 e. The Morgan fingerprint density at radius 3 is 2.75 bits per heavy atom. The van der Waals surface area contributed by atoms with E-state index in [0.29, 0.717) is 12.7 Å². The molecule has 0 amide bonds. The molecule has 2 heteroatoms. The van der Waals surface area contributed by atoms with Crippen LogP contribution >= 0.6 is 11.6 Å². The fourth-order valence-electron chi connectivity index (χ4n) is 1.06. The maximum Gasteiger partial charge on any atom is 0.0735 e. The molecule has 1 aliphatic rings. The van der Waals surface area contributed by atoms with E-state index in [4.69, 9.17) is 16.3 Å². The summed E-state index contributed by atoms with van der Waals surface area (Å²) in [5.41, 5.74) is 1.09. The Bertz CT molecular complexity index is 268. The van der Waals surface area contributed by atoms with Gasteiger partial charge in [-0.15, -0.1) is 0 Å². The summed E-state index contributed by atoms with van der Waals surface area (Å²) in [6.45, 7) is 0.657. The Kier molecular flexibility index (Phi) is 2.33. The molecular weight excluding hydrogens is 172 g/mol. The summed E-state index contributed by atoms with van der Waals surface area (Å²) in [5.74, 6) is 0. The average Bonchev–Trinajstić information content (AvgIpc) is 2.86. The number of benzene rings is 1. The molecular formula is C10H11ClO. The Morgan fingerprint density at radius 2 is 2.08 bits per heavy atom. The molecule has 1 aliphatic carbocycles. The van der Waals surface area contributed by atoms with E-state index >= 15 is 0 Å². The molecule has 0 radical (unpaired) electrons. The van der Waals surface area contributed by atoms with Crippen LogP contribution in [0.25, 0.3) is 0 Å². The van der Waals surface area contributed by atoms with Gasteiger partial charge in [-0.05, 0) is 24.5 Å². The van der Waals surface area contributed by atoms with Crippen LogP contribution in [-0.4, -0.2) is 6.10 Å². The van der Waals surface area contributed by atoms with Crippen molar-refractivity contribution in [1.82, 2.24) is 0 Å². The highest BCUT2D eigenvalue weighted by Crippen LogP contribution is 2.26. The van der Waals surface area contributed by atoms with Gasteiger partial charge in [-0.1, -0.05) is 29.8 Å². The molecule has 0 spiro atoms. The van der Waals surface area contributed by atoms with E-state index < -0.39 is 0 Å². The van der Waals surface area contributed by atoms with Gasteiger partial charge in [-0.2, -0.15) is 0 Å². The van der Waals surface area contributed by atoms with Crippen molar-refractivity contribution in [3.05, 3.63) is 34.9 Å². The lowest BCUT2D eigenvalue weighted by Crippen LogP contribution is -1.94. The highest BCUT2D eigenvalue weighted by Gasteiger charge is 2.21. The summed E-state index contributed by atoms with van der Waals surface area (Å²) in [5, 5.41) is 0.804.